The summed E-state index contributed by atoms with van der Waals surface area (Å²) in [4.78, 5) is 36.7. The van der Waals surface area contributed by atoms with Gasteiger partial charge in [0.1, 0.15) is 11.9 Å². The molecule has 2 heterocycles. The van der Waals surface area contributed by atoms with Gasteiger partial charge in [-0.1, -0.05) is 0 Å². The van der Waals surface area contributed by atoms with E-state index >= 15 is 0 Å². The zero-order valence-corrected chi connectivity index (χ0v) is 20.9. The van der Waals surface area contributed by atoms with Gasteiger partial charge >= 0.3 is 18.4 Å². The van der Waals surface area contributed by atoms with Crippen LogP contribution in [0.2, 0.25) is 0 Å². The molecule has 8 nitrogen and oxygen atoms in total. The number of ether oxygens (including phenoxy) is 1. The first-order valence-corrected chi connectivity index (χ1v) is 11.6. The monoisotopic (exact) mass is 547 g/mol. The Morgan fingerprint density at radius 1 is 0.921 bits per heavy atom. The summed E-state index contributed by atoms with van der Waals surface area (Å²) in [7, 11) is 0. The first kappa shape index (κ1) is 29.1. The summed E-state index contributed by atoms with van der Waals surface area (Å²) in [6.45, 7) is 5.63. The average Bonchev–Trinajstić information content (AvgIpc) is 2.81. The highest BCUT2D eigenvalue weighted by Crippen LogP contribution is 2.37. The number of halogens is 6. The van der Waals surface area contributed by atoms with Crippen molar-refractivity contribution in [3.8, 4) is 0 Å². The Morgan fingerprint density at radius 3 is 1.92 bits per heavy atom. The van der Waals surface area contributed by atoms with Crippen molar-refractivity contribution in [3.63, 3.8) is 0 Å². The van der Waals surface area contributed by atoms with Crippen LogP contribution in [0.25, 0.3) is 0 Å². The molecular weight excluding hydrogens is 520 g/mol. The van der Waals surface area contributed by atoms with E-state index in [2.05, 4.69) is 15.3 Å². The second-order valence-corrected chi connectivity index (χ2v) is 9.69. The highest BCUT2D eigenvalue weighted by molar-refractivity contribution is 5.89. The number of amides is 1. The fraction of sp³-hybridized carbons (Fsp3) is 0.500. The minimum Gasteiger partial charge on any atom is -0.444 e. The quantitative estimate of drug-likeness (QED) is 0.521. The van der Waals surface area contributed by atoms with Crippen molar-refractivity contribution in [1.29, 1.82) is 0 Å². The molecule has 0 radical (unpaired) electrons. The molecule has 1 saturated heterocycles. The number of anilines is 1. The van der Waals surface area contributed by atoms with Crippen LogP contribution in [0.15, 0.2) is 36.9 Å². The first-order valence-electron chi connectivity index (χ1n) is 11.6. The van der Waals surface area contributed by atoms with Gasteiger partial charge in [-0.25, -0.2) is 14.8 Å². The van der Waals surface area contributed by atoms with Gasteiger partial charge in [-0.15, -0.1) is 0 Å². The minimum absolute atomic E-state index is 0.0151. The number of Topliss-reactive ketones (excluding diaryl/α,β-unsaturated/α-hetero) is 1. The van der Waals surface area contributed by atoms with Crippen LogP contribution >= 0.6 is 0 Å². The average molecular weight is 548 g/mol. The third-order valence-electron chi connectivity index (χ3n) is 5.59. The molecule has 1 aliphatic rings. The highest BCUT2D eigenvalue weighted by Gasteiger charge is 2.37. The van der Waals surface area contributed by atoms with E-state index in [4.69, 9.17) is 4.74 Å². The molecular formula is C24H27F6N5O3. The van der Waals surface area contributed by atoms with Crippen LogP contribution in [0.5, 0.6) is 0 Å². The van der Waals surface area contributed by atoms with Crippen molar-refractivity contribution in [2.45, 2.75) is 44.8 Å². The summed E-state index contributed by atoms with van der Waals surface area (Å²) in [6, 6.07) is 0.102. The summed E-state index contributed by atoms with van der Waals surface area (Å²) in [5.74, 6) is -0.531. The Bertz CT molecular complexity index is 1090. The summed E-state index contributed by atoms with van der Waals surface area (Å²) in [6.07, 6.45) is -6.47. The number of ketones is 1. The number of rotatable bonds is 6. The number of nitrogens with one attached hydrogen (secondary N) is 1. The number of benzene rings is 1. The van der Waals surface area contributed by atoms with Crippen LogP contribution in [0, 0.1) is 0 Å². The normalized spacial score (nSPS) is 16.2. The number of nitrogens with zero attached hydrogens (tertiary/aromatic N) is 4. The number of hydrogen-bond donors (Lipinski definition) is 1. The van der Waals surface area contributed by atoms with Crippen molar-refractivity contribution in [1.82, 2.24) is 19.8 Å². The van der Waals surface area contributed by atoms with Gasteiger partial charge in [-0.05, 0) is 39.0 Å². The van der Waals surface area contributed by atoms with Crippen molar-refractivity contribution in [3.05, 3.63) is 53.6 Å². The SMILES string of the molecule is CC(C)(C)OC(=O)N1CCN(C(C(=O)CNc2cc(C(F)(F)F)cc(C(F)(F)F)c2)c2cncnc2)CC1. The zero-order valence-electron chi connectivity index (χ0n) is 20.9. The van der Waals surface area contributed by atoms with E-state index in [1.54, 1.807) is 25.7 Å². The topological polar surface area (TPSA) is 87.7 Å². The lowest BCUT2D eigenvalue weighted by Gasteiger charge is -2.39. The van der Waals surface area contributed by atoms with E-state index in [-0.39, 0.29) is 32.2 Å². The Labute approximate surface area is 215 Å². The Morgan fingerprint density at radius 2 is 1.45 bits per heavy atom. The lowest BCUT2D eigenvalue weighted by atomic mass is 10.0. The number of piperazine rings is 1. The molecule has 208 valence electrons. The summed E-state index contributed by atoms with van der Waals surface area (Å²) in [5, 5.41) is 2.41. The predicted octanol–water partition coefficient (Wildman–Crippen LogP) is 4.79. The minimum atomic E-state index is -5.01. The molecule has 1 atom stereocenters. The van der Waals surface area contributed by atoms with Crippen LogP contribution < -0.4 is 5.32 Å². The van der Waals surface area contributed by atoms with Crippen molar-refractivity contribution in [2.24, 2.45) is 0 Å². The van der Waals surface area contributed by atoms with Gasteiger partial charge in [0.15, 0.2) is 5.78 Å². The largest absolute Gasteiger partial charge is 0.444 e. The molecule has 0 bridgehead atoms. The summed E-state index contributed by atoms with van der Waals surface area (Å²) < 4.78 is 84.5. The number of carbonyl (C=O) groups is 2. The molecule has 0 aliphatic carbocycles. The van der Waals surface area contributed by atoms with Gasteiger partial charge in [0.25, 0.3) is 0 Å². The van der Waals surface area contributed by atoms with Gasteiger partial charge in [-0.2, -0.15) is 26.3 Å². The Hall–Kier alpha value is -3.42. The van der Waals surface area contributed by atoms with Crippen molar-refractivity contribution in [2.75, 3.05) is 38.0 Å². The fourth-order valence-electron chi connectivity index (χ4n) is 3.88. The molecule has 1 aliphatic heterocycles. The zero-order chi connectivity index (χ0) is 28.3. The molecule has 1 amide bonds. The van der Waals surface area contributed by atoms with Gasteiger partial charge in [0, 0.05) is 49.8 Å². The lowest BCUT2D eigenvalue weighted by Crippen LogP contribution is -2.52. The number of aromatic nitrogens is 2. The maximum absolute atomic E-state index is 13.3. The molecule has 0 saturated carbocycles. The van der Waals surface area contributed by atoms with E-state index < -0.39 is 59.2 Å². The van der Waals surface area contributed by atoms with Crippen LogP contribution in [0.4, 0.5) is 36.8 Å². The third kappa shape index (κ3) is 7.79. The molecule has 2 aromatic rings. The molecule has 3 rings (SSSR count). The Kier molecular flexibility index (Phi) is 8.54. The molecule has 1 fully saturated rings. The molecule has 1 unspecified atom stereocenters. The molecule has 14 heteroatoms. The standard InChI is InChI=1S/C24H27F6N5O3/c1-22(2,3)38-21(37)35-6-4-34(5-7-35)20(15-11-31-14-32-12-15)19(36)13-33-18-9-16(23(25,26)27)8-17(10-18)24(28,29)30/h8-12,14,20,33H,4-7,13H2,1-3H3. The molecule has 38 heavy (non-hydrogen) atoms. The van der Waals surface area contributed by atoms with Crippen LogP contribution in [0.1, 0.15) is 43.5 Å². The lowest BCUT2D eigenvalue weighted by molar-refractivity contribution is -0.143. The van der Waals surface area contributed by atoms with Crippen LogP contribution in [0.3, 0.4) is 0 Å². The molecule has 1 N–H and O–H groups in total. The van der Waals surface area contributed by atoms with Gasteiger partial charge < -0.3 is 15.0 Å². The van der Waals surface area contributed by atoms with E-state index in [1.165, 1.54) is 23.6 Å². The van der Waals surface area contributed by atoms with E-state index in [1.807, 2.05) is 0 Å². The molecule has 0 spiro atoms. The Balaban J connectivity index is 1.77. The maximum atomic E-state index is 13.3. The molecule has 1 aromatic heterocycles. The number of hydrogen-bond acceptors (Lipinski definition) is 7. The second kappa shape index (κ2) is 11.1. The predicted molar refractivity (Wildman–Crippen MR) is 124 cm³/mol. The highest BCUT2D eigenvalue weighted by atomic mass is 19.4. The van der Waals surface area contributed by atoms with E-state index in [9.17, 15) is 35.9 Å². The number of carbonyl (C=O) groups excluding carboxylic acids is 2. The first-order chi connectivity index (χ1) is 17.5. The van der Waals surface area contributed by atoms with Crippen molar-refractivity contribution < 1.29 is 40.7 Å². The van der Waals surface area contributed by atoms with Gasteiger partial charge in [0.2, 0.25) is 0 Å². The fourth-order valence-corrected chi connectivity index (χ4v) is 3.88. The van der Waals surface area contributed by atoms with Crippen LogP contribution in [-0.4, -0.2) is 70.0 Å². The smallest absolute Gasteiger partial charge is 0.416 e. The maximum Gasteiger partial charge on any atom is 0.416 e. The van der Waals surface area contributed by atoms with E-state index in [0.717, 1.165) is 0 Å². The third-order valence-corrected chi connectivity index (χ3v) is 5.59. The number of alkyl halides is 6. The second-order valence-electron chi connectivity index (χ2n) is 9.69. The van der Waals surface area contributed by atoms with Crippen molar-refractivity contribution >= 4 is 17.6 Å². The van der Waals surface area contributed by atoms with E-state index in [0.29, 0.717) is 17.7 Å². The van der Waals surface area contributed by atoms with Gasteiger partial charge in [-0.3, -0.25) is 9.69 Å². The summed E-state index contributed by atoms with van der Waals surface area (Å²) >= 11 is 0. The van der Waals surface area contributed by atoms with Gasteiger partial charge in [0.05, 0.1) is 23.7 Å². The molecule has 1 aromatic carbocycles. The summed E-state index contributed by atoms with van der Waals surface area (Å²) in [5.41, 5.74) is -3.78. The van der Waals surface area contributed by atoms with Crippen LogP contribution in [-0.2, 0) is 21.9 Å².